The largest absolute Gasteiger partial charge is 0.350 e. The molecule has 0 N–H and O–H groups in total. The molecular formula is C11H20O3. The lowest BCUT2D eigenvalue weighted by Crippen LogP contribution is -2.24. The molecule has 3 heteroatoms. The van der Waals surface area contributed by atoms with Crippen molar-refractivity contribution in [3.63, 3.8) is 0 Å². The number of ether oxygens (including phenoxy) is 2. The summed E-state index contributed by atoms with van der Waals surface area (Å²) in [6, 6.07) is 0. The molecule has 0 aromatic carbocycles. The van der Waals surface area contributed by atoms with Crippen LogP contribution in [0, 0.1) is 5.92 Å². The lowest BCUT2D eigenvalue weighted by Gasteiger charge is -2.20. The predicted molar refractivity (Wildman–Crippen MR) is 54.0 cm³/mol. The van der Waals surface area contributed by atoms with Gasteiger partial charge >= 0.3 is 0 Å². The van der Waals surface area contributed by atoms with Crippen LogP contribution in [0.15, 0.2) is 0 Å². The smallest absolute Gasteiger partial charge is 0.158 e. The summed E-state index contributed by atoms with van der Waals surface area (Å²) in [5.41, 5.74) is 0. The standard InChI is InChI=1S/C11H20O3/c1-4-5-11-13-8(2)6-10(7-12)9(3)14-11/h7-11H,4-6H2,1-3H3. The van der Waals surface area contributed by atoms with Crippen molar-refractivity contribution < 1.29 is 14.3 Å². The van der Waals surface area contributed by atoms with Crippen molar-refractivity contribution in [1.82, 2.24) is 0 Å². The minimum Gasteiger partial charge on any atom is -0.350 e. The normalized spacial score (nSPS) is 39.1. The van der Waals surface area contributed by atoms with Crippen LogP contribution in [-0.4, -0.2) is 24.8 Å². The minimum atomic E-state index is -0.130. The lowest BCUT2D eigenvalue weighted by molar-refractivity contribution is -0.174. The summed E-state index contributed by atoms with van der Waals surface area (Å²) < 4.78 is 11.3. The third-order valence-electron chi connectivity index (χ3n) is 2.66. The summed E-state index contributed by atoms with van der Waals surface area (Å²) in [6.45, 7) is 6.05. The van der Waals surface area contributed by atoms with Crippen LogP contribution in [0.4, 0.5) is 0 Å². The van der Waals surface area contributed by atoms with E-state index >= 15 is 0 Å². The molecule has 0 aromatic rings. The fourth-order valence-electron chi connectivity index (χ4n) is 1.80. The van der Waals surface area contributed by atoms with Gasteiger partial charge < -0.3 is 14.3 Å². The van der Waals surface area contributed by atoms with Gasteiger partial charge in [-0.15, -0.1) is 0 Å². The molecule has 1 aliphatic heterocycles. The number of hydrogen-bond donors (Lipinski definition) is 0. The molecule has 4 unspecified atom stereocenters. The second-order valence-electron chi connectivity index (χ2n) is 4.04. The Labute approximate surface area is 85.8 Å². The fraction of sp³-hybridized carbons (Fsp3) is 0.909. The number of carbonyl (C=O) groups excluding carboxylic acids is 1. The third kappa shape index (κ3) is 3.07. The maximum Gasteiger partial charge on any atom is 0.158 e. The highest BCUT2D eigenvalue weighted by Gasteiger charge is 2.28. The van der Waals surface area contributed by atoms with Crippen LogP contribution in [-0.2, 0) is 14.3 Å². The van der Waals surface area contributed by atoms with Gasteiger partial charge in [-0.3, -0.25) is 0 Å². The molecule has 0 aliphatic carbocycles. The molecule has 1 aliphatic rings. The maximum atomic E-state index is 10.8. The van der Waals surface area contributed by atoms with Gasteiger partial charge in [0.2, 0.25) is 0 Å². The second kappa shape index (κ2) is 5.47. The third-order valence-corrected chi connectivity index (χ3v) is 2.66. The average Bonchev–Trinajstić information content (AvgIpc) is 2.26. The zero-order valence-corrected chi connectivity index (χ0v) is 9.23. The van der Waals surface area contributed by atoms with Crippen LogP contribution < -0.4 is 0 Å². The van der Waals surface area contributed by atoms with Crippen molar-refractivity contribution in [3.05, 3.63) is 0 Å². The second-order valence-corrected chi connectivity index (χ2v) is 4.04. The van der Waals surface area contributed by atoms with Crippen molar-refractivity contribution in [2.75, 3.05) is 0 Å². The first-order chi connectivity index (χ1) is 6.67. The van der Waals surface area contributed by atoms with E-state index in [1.165, 1.54) is 0 Å². The molecule has 3 nitrogen and oxygen atoms in total. The Morgan fingerprint density at radius 3 is 2.64 bits per heavy atom. The molecule has 0 amide bonds. The summed E-state index contributed by atoms with van der Waals surface area (Å²) >= 11 is 0. The van der Waals surface area contributed by atoms with Gasteiger partial charge in [0.15, 0.2) is 6.29 Å². The van der Waals surface area contributed by atoms with Gasteiger partial charge in [0.05, 0.1) is 12.2 Å². The van der Waals surface area contributed by atoms with E-state index in [1.807, 2.05) is 13.8 Å². The van der Waals surface area contributed by atoms with E-state index in [4.69, 9.17) is 9.47 Å². The predicted octanol–water partition coefficient (Wildman–Crippen LogP) is 2.14. The Bertz CT molecular complexity index is 181. The van der Waals surface area contributed by atoms with Gasteiger partial charge in [-0.2, -0.15) is 0 Å². The summed E-state index contributed by atoms with van der Waals surface area (Å²) in [6.07, 6.45) is 3.66. The Morgan fingerprint density at radius 1 is 1.36 bits per heavy atom. The number of hydrogen-bond acceptors (Lipinski definition) is 3. The van der Waals surface area contributed by atoms with Gasteiger partial charge in [-0.1, -0.05) is 13.3 Å². The Balaban J connectivity index is 2.57. The Hall–Kier alpha value is -0.410. The molecule has 0 aromatic heterocycles. The first kappa shape index (κ1) is 11.7. The van der Waals surface area contributed by atoms with Crippen molar-refractivity contribution in [1.29, 1.82) is 0 Å². The zero-order valence-electron chi connectivity index (χ0n) is 9.23. The van der Waals surface area contributed by atoms with E-state index in [9.17, 15) is 4.79 Å². The molecule has 1 rings (SSSR count). The van der Waals surface area contributed by atoms with Gasteiger partial charge in [0.25, 0.3) is 0 Å². The van der Waals surface area contributed by atoms with Crippen LogP contribution in [0.5, 0.6) is 0 Å². The topological polar surface area (TPSA) is 35.5 Å². The van der Waals surface area contributed by atoms with E-state index in [0.717, 1.165) is 25.5 Å². The Morgan fingerprint density at radius 2 is 2.07 bits per heavy atom. The number of carbonyl (C=O) groups is 1. The molecule has 0 bridgehead atoms. The first-order valence-electron chi connectivity index (χ1n) is 5.43. The van der Waals surface area contributed by atoms with Gasteiger partial charge in [0.1, 0.15) is 6.29 Å². The van der Waals surface area contributed by atoms with E-state index in [0.29, 0.717) is 0 Å². The molecule has 82 valence electrons. The molecule has 1 fully saturated rings. The van der Waals surface area contributed by atoms with Crippen LogP contribution in [0.3, 0.4) is 0 Å². The lowest BCUT2D eigenvalue weighted by atomic mass is 9.99. The van der Waals surface area contributed by atoms with Crippen molar-refractivity contribution in [3.8, 4) is 0 Å². The van der Waals surface area contributed by atoms with Gasteiger partial charge in [-0.05, 0) is 26.7 Å². The van der Waals surface area contributed by atoms with Gasteiger partial charge in [0, 0.05) is 5.92 Å². The summed E-state index contributed by atoms with van der Waals surface area (Å²) in [5.74, 6) is -0.0214. The van der Waals surface area contributed by atoms with E-state index < -0.39 is 0 Å². The van der Waals surface area contributed by atoms with E-state index in [1.54, 1.807) is 0 Å². The van der Waals surface area contributed by atoms with E-state index in [-0.39, 0.29) is 24.4 Å². The minimum absolute atomic E-state index is 0.0194. The molecule has 0 radical (unpaired) electrons. The monoisotopic (exact) mass is 200 g/mol. The van der Waals surface area contributed by atoms with Crippen LogP contribution in [0.25, 0.3) is 0 Å². The van der Waals surface area contributed by atoms with Gasteiger partial charge in [-0.25, -0.2) is 0 Å². The summed E-state index contributed by atoms with van der Waals surface area (Å²) in [4.78, 5) is 10.8. The van der Waals surface area contributed by atoms with Crippen LogP contribution >= 0.6 is 0 Å². The van der Waals surface area contributed by atoms with E-state index in [2.05, 4.69) is 6.92 Å². The summed E-state index contributed by atoms with van der Waals surface area (Å²) in [7, 11) is 0. The van der Waals surface area contributed by atoms with Crippen molar-refractivity contribution in [2.45, 2.75) is 58.5 Å². The summed E-state index contributed by atoms with van der Waals surface area (Å²) in [5, 5.41) is 0. The highest BCUT2D eigenvalue weighted by atomic mass is 16.7. The maximum absolute atomic E-state index is 10.8. The molecule has 1 heterocycles. The number of rotatable bonds is 3. The van der Waals surface area contributed by atoms with Crippen LogP contribution in [0.1, 0.15) is 40.0 Å². The zero-order chi connectivity index (χ0) is 10.6. The molecule has 1 saturated heterocycles. The first-order valence-corrected chi connectivity index (χ1v) is 5.43. The SMILES string of the molecule is CCCC1OC(C)CC(C=O)C(C)O1. The molecule has 4 atom stereocenters. The number of aldehydes is 1. The Kier molecular flexibility index (Phi) is 4.55. The fourth-order valence-corrected chi connectivity index (χ4v) is 1.80. The molecular weight excluding hydrogens is 180 g/mol. The van der Waals surface area contributed by atoms with Crippen molar-refractivity contribution in [2.24, 2.45) is 5.92 Å². The average molecular weight is 200 g/mol. The van der Waals surface area contributed by atoms with Crippen LogP contribution in [0.2, 0.25) is 0 Å². The quantitative estimate of drug-likeness (QED) is 0.655. The highest BCUT2D eigenvalue weighted by molar-refractivity contribution is 5.54. The molecule has 0 spiro atoms. The molecule has 14 heavy (non-hydrogen) atoms. The van der Waals surface area contributed by atoms with Crippen molar-refractivity contribution >= 4 is 6.29 Å². The highest BCUT2D eigenvalue weighted by Crippen LogP contribution is 2.23. The molecule has 0 saturated carbocycles.